The number of carbonyl (C=O) groups excluding carboxylic acids is 1. The van der Waals surface area contributed by atoms with Crippen LogP contribution in [-0.2, 0) is 0 Å². The van der Waals surface area contributed by atoms with Crippen LogP contribution in [0.5, 0.6) is 0 Å². The Balaban J connectivity index is 2.06. The van der Waals surface area contributed by atoms with Gasteiger partial charge in [-0.25, -0.2) is 4.40 Å². The highest BCUT2D eigenvalue weighted by Gasteiger charge is 2.21. The van der Waals surface area contributed by atoms with Gasteiger partial charge in [0.2, 0.25) is 0 Å². The molecule has 3 aromatic rings. The van der Waals surface area contributed by atoms with E-state index in [1.165, 1.54) is 0 Å². The molecule has 0 spiro atoms. The first-order valence-electron chi connectivity index (χ1n) is 9.12. The van der Waals surface area contributed by atoms with Gasteiger partial charge in [-0.2, -0.15) is 0 Å². The van der Waals surface area contributed by atoms with Crippen LogP contribution < -0.4 is 0 Å². The number of rotatable bonds is 5. The minimum atomic E-state index is -0.431. The Morgan fingerprint density at radius 1 is 1.17 bits per heavy atom. The van der Waals surface area contributed by atoms with Crippen LogP contribution in [-0.4, -0.2) is 27.8 Å². The van der Waals surface area contributed by atoms with E-state index in [1.807, 2.05) is 25.1 Å². The third kappa shape index (κ3) is 4.74. The summed E-state index contributed by atoms with van der Waals surface area (Å²) in [4.78, 5) is 13.2. The molecular weight excluding hydrogens is 404 g/mol. The van der Waals surface area contributed by atoms with Crippen LogP contribution in [0.4, 0.5) is 0 Å². The van der Waals surface area contributed by atoms with Crippen LogP contribution >= 0.6 is 22.3 Å². The van der Waals surface area contributed by atoms with Gasteiger partial charge in [-0.1, -0.05) is 57.6 Å². The molecule has 0 saturated heterocycles. The molecule has 1 atom stereocenters. The molecule has 0 radical (unpaired) electrons. The van der Waals surface area contributed by atoms with E-state index < -0.39 is 10.7 Å². The smallest absolute Gasteiger partial charge is 0.193 e. The Morgan fingerprint density at radius 2 is 1.83 bits per heavy atom. The highest BCUT2D eigenvalue weighted by Crippen LogP contribution is 2.33. The lowest BCUT2D eigenvalue weighted by Crippen LogP contribution is -2.08. The van der Waals surface area contributed by atoms with E-state index in [9.17, 15) is 4.79 Å². The predicted octanol–water partition coefficient (Wildman–Crippen LogP) is 6.37. The second kappa shape index (κ2) is 8.47. The highest BCUT2D eigenvalue weighted by molar-refractivity contribution is 8.14. The van der Waals surface area contributed by atoms with Gasteiger partial charge in [0, 0.05) is 20.9 Å². The van der Waals surface area contributed by atoms with E-state index in [0.717, 1.165) is 11.1 Å². The minimum absolute atomic E-state index is 0.0437. The monoisotopic (exact) mass is 426 g/mol. The fraction of sp³-hybridized carbons (Fsp3) is 0.217. The normalized spacial score (nSPS) is 13.0. The molecule has 0 aliphatic heterocycles. The van der Waals surface area contributed by atoms with Crippen molar-refractivity contribution in [1.82, 2.24) is 5.16 Å². The molecule has 0 fully saturated rings. The van der Waals surface area contributed by atoms with Gasteiger partial charge in [-0.3, -0.25) is 4.79 Å². The van der Waals surface area contributed by atoms with E-state index in [1.54, 1.807) is 36.5 Å². The van der Waals surface area contributed by atoms with Crippen LogP contribution in [0.15, 0.2) is 57.5 Å². The first-order chi connectivity index (χ1) is 13.7. The van der Waals surface area contributed by atoms with E-state index in [-0.39, 0.29) is 10.5 Å². The Kier molecular flexibility index (Phi) is 6.20. The fourth-order valence-corrected chi connectivity index (χ4v) is 3.40. The number of aromatic nitrogens is 1. The summed E-state index contributed by atoms with van der Waals surface area (Å²) < 4.78 is 9.97. The number of benzene rings is 2. The van der Waals surface area contributed by atoms with Crippen LogP contribution in [0.3, 0.4) is 0 Å². The second-order valence-corrected chi connectivity index (χ2v) is 10.2. The maximum absolute atomic E-state index is 13.2. The van der Waals surface area contributed by atoms with Gasteiger partial charge in [-0.15, -0.1) is 0 Å². The van der Waals surface area contributed by atoms with Gasteiger partial charge < -0.3 is 4.52 Å². The van der Waals surface area contributed by atoms with Crippen molar-refractivity contribution < 1.29 is 9.32 Å². The summed E-state index contributed by atoms with van der Waals surface area (Å²) in [6.45, 7) is 8.11. The van der Waals surface area contributed by atoms with Gasteiger partial charge >= 0.3 is 0 Å². The van der Waals surface area contributed by atoms with E-state index >= 15 is 0 Å². The largest absolute Gasteiger partial charge is 0.360 e. The Labute approximate surface area is 178 Å². The van der Waals surface area contributed by atoms with Crippen molar-refractivity contribution in [3.8, 4) is 11.1 Å². The maximum atomic E-state index is 13.2. The second-order valence-electron chi connectivity index (χ2n) is 7.59. The van der Waals surface area contributed by atoms with E-state index in [2.05, 4.69) is 36.2 Å². The van der Waals surface area contributed by atoms with Crippen molar-refractivity contribution in [2.24, 2.45) is 4.40 Å². The third-order valence-corrected chi connectivity index (χ3v) is 6.47. The van der Waals surface area contributed by atoms with E-state index in [0.29, 0.717) is 27.6 Å². The van der Waals surface area contributed by atoms with Crippen molar-refractivity contribution in [3.05, 3.63) is 76.1 Å². The summed E-state index contributed by atoms with van der Waals surface area (Å²) in [5.41, 5.74) is 3.24. The fourth-order valence-electron chi connectivity index (χ4n) is 2.73. The van der Waals surface area contributed by atoms with Gasteiger partial charge in [-0.05, 0) is 57.5 Å². The molecule has 29 heavy (non-hydrogen) atoms. The first-order valence-corrected chi connectivity index (χ1v) is 10.9. The molecule has 6 heteroatoms. The van der Waals surface area contributed by atoms with E-state index in [4.69, 9.17) is 16.1 Å². The van der Waals surface area contributed by atoms with Crippen LogP contribution in [0.1, 0.15) is 48.1 Å². The molecule has 150 valence electrons. The van der Waals surface area contributed by atoms with Gasteiger partial charge in [0.15, 0.2) is 5.78 Å². The van der Waals surface area contributed by atoms with Crippen molar-refractivity contribution in [2.75, 3.05) is 0 Å². The summed E-state index contributed by atoms with van der Waals surface area (Å²) in [5.74, 6) is 4.67. The molecule has 1 unspecified atom stereocenters. The first kappa shape index (κ1) is 21.2. The molecule has 0 amide bonds. The number of ketones is 1. The number of carbonyl (C=O) groups is 1. The molecule has 1 aromatic heterocycles. The van der Waals surface area contributed by atoms with Crippen molar-refractivity contribution in [3.63, 3.8) is 0 Å². The SMILES string of the molecule is C=S(N=Cc1noc(C)c1-c1ccccc1C(=O)c1ccc(Cl)cc1)C(C)(C)C. The number of halogens is 1. The van der Waals surface area contributed by atoms with Crippen LogP contribution in [0.25, 0.3) is 11.1 Å². The molecule has 3 rings (SSSR count). The quantitative estimate of drug-likeness (QED) is 0.270. The average molecular weight is 427 g/mol. The standard InChI is InChI=1S/C23H23ClN2O2S/c1-15-21(20(26-28-15)14-25-29(5)23(2,3)4)18-8-6-7-9-19(18)22(27)16-10-12-17(24)13-11-16/h6-14H,5H2,1-4H3. The van der Waals surface area contributed by atoms with Crippen molar-refractivity contribution >= 4 is 40.1 Å². The third-order valence-electron chi connectivity index (χ3n) is 4.45. The minimum Gasteiger partial charge on any atom is -0.360 e. The van der Waals surface area contributed by atoms with Gasteiger partial charge in [0.25, 0.3) is 0 Å². The lowest BCUT2D eigenvalue weighted by molar-refractivity contribution is 0.103. The summed E-state index contributed by atoms with van der Waals surface area (Å²) in [7, 11) is -0.431. The maximum Gasteiger partial charge on any atom is 0.193 e. The zero-order valence-corrected chi connectivity index (χ0v) is 18.5. The van der Waals surface area contributed by atoms with Crippen LogP contribution in [0.2, 0.25) is 5.02 Å². The lowest BCUT2D eigenvalue weighted by atomic mass is 9.93. The number of hydrogen-bond acceptors (Lipinski definition) is 4. The number of nitrogens with zero attached hydrogens (tertiary/aromatic N) is 2. The molecule has 1 heterocycles. The average Bonchev–Trinajstić information content (AvgIpc) is 3.05. The Morgan fingerprint density at radius 3 is 2.48 bits per heavy atom. The molecule has 2 aromatic carbocycles. The molecular formula is C23H23ClN2O2S. The highest BCUT2D eigenvalue weighted by atomic mass is 35.5. The topological polar surface area (TPSA) is 55.5 Å². The predicted molar refractivity (Wildman–Crippen MR) is 124 cm³/mol. The Hall–Kier alpha value is -2.50. The molecule has 0 saturated carbocycles. The summed E-state index contributed by atoms with van der Waals surface area (Å²) >= 11 is 5.96. The van der Waals surface area contributed by atoms with Gasteiger partial charge in [0.05, 0.1) is 11.8 Å². The summed E-state index contributed by atoms with van der Waals surface area (Å²) in [6.07, 6.45) is 1.69. The molecule has 4 nitrogen and oxygen atoms in total. The summed E-state index contributed by atoms with van der Waals surface area (Å²) in [5, 5.41) is 4.74. The molecule has 0 N–H and O–H groups in total. The molecule has 0 bridgehead atoms. The zero-order chi connectivity index (χ0) is 21.2. The molecule has 0 aliphatic rings. The van der Waals surface area contributed by atoms with Crippen molar-refractivity contribution in [2.45, 2.75) is 32.4 Å². The number of hydrogen-bond donors (Lipinski definition) is 0. The van der Waals surface area contributed by atoms with Gasteiger partial charge in [0.1, 0.15) is 11.5 Å². The van der Waals surface area contributed by atoms with Crippen LogP contribution in [0, 0.1) is 6.92 Å². The Bertz CT molecular complexity index is 1090. The summed E-state index contributed by atoms with van der Waals surface area (Å²) in [6, 6.07) is 14.3. The van der Waals surface area contributed by atoms with Crippen molar-refractivity contribution in [1.29, 1.82) is 0 Å². The lowest BCUT2D eigenvalue weighted by Gasteiger charge is -2.18. The zero-order valence-electron chi connectivity index (χ0n) is 16.9. The number of aryl methyl sites for hydroxylation is 1. The molecule has 0 aliphatic carbocycles.